The molecule has 54 heavy (non-hydrogen) atoms. The fourth-order valence-electron chi connectivity index (χ4n) is 10.5. The van der Waals surface area contributed by atoms with Gasteiger partial charge in [0.15, 0.2) is 24.5 Å². The zero-order chi connectivity index (χ0) is 38.8. The summed E-state index contributed by atoms with van der Waals surface area (Å²) in [5, 5.41) is 0. The molecular formula is C42H65NO11. The number of likely N-dealkylation sites (N-methyl/N-ethyl adjacent to an activating group) is 1. The minimum atomic E-state index is -0.826. The maximum Gasteiger partial charge on any atom is 0.306 e. The number of esters is 2. The zero-order valence-corrected chi connectivity index (χ0v) is 33.8. The second-order valence-electron chi connectivity index (χ2n) is 16.9. The highest BCUT2D eigenvalue weighted by Crippen LogP contribution is 2.54. The van der Waals surface area contributed by atoms with Crippen molar-refractivity contribution < 1.29 is 52.3 Å². The van der Waals surface area contributed by atoms with E-state index in [-0.39, 0.29) is 84.6 Å². The van der Waals surface area contributed by atoms with Gasteiger partial charge in [0.2, 0.25) is 0 Å². The van der Waals surface area contributed by atoms with Crippen LogP contribution >= 0.6 is 0 Å². The lowest BCUT2D eigenvalue weighted by molar-refractivity contribution is -0.312. The molecule has 17 atom stereocenters. The van der Waals surface area contributed by atoms with Crippen LogP contribution in [0.4, 0.5) is 0 Å². The Hall–Kier alpha value is -2.19. The number of hydrogen-bond donors (Lipinski definition) is 0. The van der Waals surface area contributed by atoms with Gasteiger partial charge in [-0.1, -0.05) is 32.1 Å². The number of rotatable bonds is 9. The number of allylic oxidation sites excluding steroid dienone is 4. The number of carbonyl (C=O) groups excluding carboxylic acids is 3. The molecule has 0 bridgehead atoms. The Morgan fingerprint density at radius 2 is 1.65 bits per heavy atom. The van der Waals surface area contributed by atoms with Crippen molar-refractivity contribution in [2.45, 2.75) is 160 Å². The van der Waals surface area contributed by atoms with Crippen molar-refractivity contribution >= 4 is 17.7 Å². The summed E-state index contributed by atoms with van der Waals surface area (Å²) in [6.07, 6.45) is 9.06. The van der Waals surface area contributed by atoms with Gasteiger partial charge in [0.05, 0.1) is 30.8 Å². The molecule has 3 heterocycles. The van der Waals surface area contributed by atoms with Gasteiger partial charge in [0.25, 0.3) is 0 Å². The van der Waals surface area contributed by atoms with Crippen LogP contribution in [0, 0.1) is 35.5 Å². The van der Waals surface area contributed by atoms with Crippen molar-refractivity contribution in [1.82, 2.24) is 4.90 Å². The third kappa shape index (κ3) is 8.85. The molecule has 1 saturated carbocycles. The smallest absolute Gasteiger partial charge is 0.306 e. The Balaban J connectivity index is 1.21. The summed E-state index contributed by atoms with van der Waals surface area (Å²) in [4.78, 5) is 42.6. The number of nitrogens with zero attached hydrogens (tertiary/aromatic N) is 1. The number of cyclic esters (lactones) is 1. The summed E-state index contributed by atoms with van der Waals surface area (Å²) in [7, 11) is 7.32. The number of ether oxygens (including phenoxy) is 8. The van der Waals surface area contributed by atoms with Crippen molar-refractivity contribution in [2.75, 3.05) is 28.3 Å². The van der Waals surface area contributed by atoms with Crippen LogP contribution in [-0.2, 0) is 52.3 Å². The van der Waals surface area contributed by atoms with Crippen LogP contribution in [0.1, 0.15) is 92.4 Å². The van der Waals surface area contributed by atoms with Crippen molar-refractivity contribution in [2.24, 2.45) is 35.5 Å². The lowest BCUT2D eigenvalue weighted by Crippen LogP contribution is -2.60. The molecule has 12 heteroatoms. The quantitative estimate of drug-likeness (QED) is 0.221. The van der Waals surface area contributed by atoms with E-state index in [1.54, 1.807) is 14.2 Å². The van der Waals surface area contributed by atoms with E-state index in [2.05, 4.69) is 51.1 Å². The first-order valence-electron chi connectivity index (χ1n) is 20.5. The van der Waals surface area contributed by atoms with Crippen LogP contribution in [0.5, 0.6) is 0 Å². The summed E-state index contributed by atoms with van der Waals surface area (Å²) in [5.74, 6) is -0.814. The number of methoxy groups -OCH3 is 2. The predicted octanol–water partition coefficient (Wildman–Crippen LogP) is 5.40. The van der Waals surface area contributed by atoms with Gasteiger partial charge >= 0.3 is 11.9 Å². The minimum Gasteiger partial charge on any atom is -0.462 e. The molecule has 12 nitrogen and oxygen atoms in total. The van der Waals surface area contributed by atoms with Crippen LogP contribution in [-0.4, -0.2) is 118 Å². The van der Waals surface area contributed by atoms with E-state index in [4.69, 9.17) is 37.9 Å². The molecule has 3 aliphatic carbocycles. The first-order chi connectivity index (χ1) is 25.8. The summed E-state index contributed by atoms with van der Waals surface area (Å²) in [6.45, 7) is 9.41. The second kappa shape index (κ2) is 17.9. The molecule has 0 spiro atoms. The molecule has 0 aromatic carbocycles. The summed E-state index contributed by atoms with van der Waals surface area (Å²) in [6, 6.07) is 0.324. The van der Waals surface area contributed by atoms with Crippen LogP contribution in [0.3, 0.4) is 0 Å². The van der Waals surface area contributed by atoms with Gasteiger partial charge in [-0.3, -0.25) is 14.4 Å². The molecule has 304 valence electrons. The summed E-state index contributed by atoms with van der Waals surface area (Å²) in [5.41, 5.74) is 0.727. The highest BCUT2D eigenvalue weighted by Gasteiger charge is 2.53. The molecule has 3 aliphatic heterocycles. The molecule has 3 saturated heterocycles. The summed E-state index contributed by atoms with van der Waals surface area (Å²) >= 11 is 0. The van der Waals surface area contributed by atoms with Gasteiger partial charge < -0.3 is 42.8 Å². The predicted molar refractivity (Wildman–Crippen MR) is 199 cm³/mol. The molecule has 0 N–H and O–H groups in total. The molecule has 0 aromatic heterocycles. The Morgan fingerprint density at radius 3 is 2.31 bits per heavy atom. The van der Waals surface area contributed by atoms with Crippen LogP contribution < -0.4 is 0 Å². The molecular weight excluding hydrogens is 694 g/mol. The van der Waals surface area contributed by atoms with Gasteiger partial charge in [-0.05, 0) is 109 Å². The van der Waals surface area contributed by atoms with E-state index in [1.165, 1.54) is 6.92 Å². The van der Waals surface area contributed by atoms with Crippen LogP contribution in [0.25, 0.3) is 0 Å². The Bertz CT molecular complexity index is 1380. The Labute approximate surface area is 321 Å². The fraction of sp³-hybridized carbons (Fsp3) is 0.833. The number of ketones is 1. The molecule has 0 unspecified atom stereocenters. The highest BCUT2D eigenvalue weighted by molar-refractivity contribution is 5.99. The summed E-state index contributed by atoms with van der Waals surface area (Å²) < 4.78 is 49.2. The lowest BCUT2D eigenvalue weighted by atomic mass is 9.70. The molecule has 6 rings (SSSR count). The zero-order valence-electron chi connectivity index (χ0n) is 33.8. The van der Waals surface area contributed by atoms with Crippen molar-refractivity contribution in [3.63, 3.8) is 0 Å². The van der Waals surface area contributed by atoms with Crippen molar-refractivity contribution in [1.29, 1.82) is 0 Å². The van der Waals surface area contributed by atoms with E-state index in [1.807, 2.05) is 13.8 Å². The van der Waals surface area contributed by atoms with Gasteiger partial charge in [-0.15, -0.1) is 0 Å². The Morgan fingerprint density at radius 1 is 0.889 bits per heavy atom. The molecule has 0 aromatic rings. The molecule has 0 radical (unpaired) electrons. The van der Waals surface area contributed by atoms with Gasteiger partial charge in [0.1, 0.15) is 18.3 Å². The van der Waals surface area contributed by atoms with Crippen LogP contribution in [0.15, 0.2) is 23.8 Å². The number of carbonyl (C=O) groups is 3. The van der Waals surface area contributed by atoms with Crippen molar-refractivity contribution in [3.8, 4) is 0 Å². The number of hydrogen-bond acceptors (Lipinski definition) is 12. The standard InChI is InChI=1S/C42H65NO11/c1-10-27-12-11-13-35(54-37-17-16-34(43(6)7)23(3)49-37)22(2)38(46)33-20-31-29(32(33)21-36(45)52-27)15-14-26-18-28(19-30(26)31)53-42-41(51-25(5)44)40(48-9)39(47-8)24(4)50-42/h14-15,20,22-24,26-32,34-35,37,39-42H,10-13,16-19,21H2,1-9H3/t22-,23-,24+,26-,27+,28-,29-,30-,31-,32+,34+,35+,37+,39+,40-,41-,42+/m1/s1. The maximum absolute atomic E-state index is 14.7. The average Bonchev–Trinajstić information content (AvgIpc) is 3.71. The number of fused-ring (bicyclic) bond motifs is 5. The average molecular weight is 760 g/mol. The highest BCUT2D eigenvalue weighted by atomic mass is 16.7. The first-order valence-corrected chi connectivity index (χ1v) is 20.5. The molecule has 0 amide bonds. The van der Waals surface area contributed by atoms with E-state index in [0.29, 0.717) is 12.5 Å². The monoisotopic (exact) mass is 759 g/mol. The third-order valence-electron chi connectivity index (χ3n) is 13.3. The largest absolute Gasteiger partial charge is 0.462 e. The van der Waals surface area contributed by atoms with E-state index in [0.717, 1.165) is 50.5 Å². The third-order valence-corrected chi connectivity index (χ3v) is 13.3. The molecule has 4 fully saturated rings. The van der Waals surface area contributed by atoms with E-state index >= 15 is 0 Å². The Kier molecular flexibility index (Phi) is 13.8. The topological polar surface area (TPSA) is 128 Å². The van der Waals surface area contributed by atoms with E-state index < -0.39 is 36.5 Å². The van der Waals surface area contributed by atoms with Gasteiger partial charge in [0, 0.05) is 39.0 Å². The second-order valence-corrected chi connectivity index (χ2v) is 16.9. The maximum atomic E-state index is 14.7. The van der Waals surface area contributed by atoms with Crippen LogP contribution in [0.2, 0.25) is 0 Å². The van der Waals surface area contributed by atoms with Gasteiger partial charge in [-0.2, -0.15) is 0 Å². The van der Waals surface area contributed by atoms with Gasteiger partial charge in [-0.25, -0.2) is 0 Å². The normalized spacial score (nSPS) is 44.3. The van der Waals surface area contributed by atoms with Crippen molar-refractivity contribution in [3.05, 3.63) is 23.8 Å². The SMILES string of the molecule is CC[C@H]1CCC[C@H](O[C@H]2CC[C@H](N(C)C)[C@@H](C)O2)[C@@H](C)C(=O)C2=C[C@@H]3[C@@H](C=C[C@@H]4C[C@@H](O[C@@H]5O[C@@H](C)[C@H](OC)[C@@H](OC)[C@H]5OC(C)=O)C[C@@H]34)[C@@H]2CC(=O)O1. The molecule has 6 aliphatic rings. The number of Topliss-reactive ketones (excluding diaryl/α,β-unsaturated/α-hetero) is 1. The first kappa shape index (κ1) is 41.4. The van der Waals surface area contributed by atoms with E-state index in [9.17, 15) is 14.4 Å². The lowest BCUT2D eigenvalue weighted by Gasteiger charge is -2.44. The fourth-order valence-corrected chi connectivity index (χ4v) is 10.5. The minimum absolute atomic E-state index is 0.00309.